The van der Waals surface area contributed by atoms with Crippen molar-refractivity contribution < 1.29 is 9.59 Å². The van der Waals surface area contributed by atoms with Crippen molar-refractivity contribution >= 4 is 28.9 Å². The van der Waals surface area contributed by atoms with Gasteiger partial charge in [0.2, 0.25) is 11.8 Å². The van der Waals surface area contributed by atoms with Crippen molar-refractivity contribution in [2.75, 3.05) is 34.8 Å². The Hall–Kier alpha value is -2.82. The lowest BCUT2D eigenvalue weighted by atomic mass is 10.1. The maximum Gasteiger partial charge on any atom is 0.226 e. The van der Waals surface area contributed by atoms with Crippen LogP contribution in [0, 0.1) is 13.8 Å². The minimum atomic E-state index is -0.0910. The Morgan fingerprint density at radius 3 is 2.31 bits per heavy atom. The fraction of sp³-hybridized carbons (Fsp3) is 0.417. The summed E-state index contributed by atoms with van der Waals surface area (Å²) >= 11 is 0. The summed E-state index contributed by atoms with van der Waals surface area (Å²) in [4.78, 5) is 28.6. The van der Waals surface area contributed by atoms with E-state index < -0.39 is 0 Å². The molecule has 0 radical (unpaired) electrons. The number of carbonyl (C=O) groups excluding carboxylic acids is 2. The van der Waals surface area contributed by atoms with Crippen molar-refractivity contribution in [1.82, 2.24) is 0 Å². The Morgan fingerprint density at radius 2 is 1.69 bits per heavy atom. The molecule has 3 rings (SSSR count). The third kappa shape index (κ3) is 5.59. The standard InChI is InChI=1S/C24H31N3O2/c1-18-7-12-23(19(2)17-18)27(20(3)28)16-13-24(29)25-21-8-10-22(11-9-21)26-14-5-4-6-15-26/h7-12,17H,4-6,13-16H2,1-3H3,(H,25,29). The van der Waals surface area contributed by atoms with E-state index in [1.54, 1.807) is 4.90 Å². The summed E-state index contributed by atoms with van der Waals surface area (Å²) in [5.41, 5.74) is 5.05. The third-order valence-corrected chi connectivity index (χ3v) is 5.46. The normalized spacial score (nSPS) is 13.8. The highest BCUT2D eigenvalue weighted by Crippen LogP contribution is 2.23. The predicted molar refractivity (Wildman–Crippen MR) is 120 cm³/mol. The van der Waals surface area contributed by atoms with E-state index in [2.05, 4.69) is 28.4 Å². The fourth-order valence-electron chi connectivity index (χ4n) is 3.90. The van der Waals surface area contributed by atoms with E-state index in [1.807, 2.05) is 38.1 Å². The van der Waals surface area contributed by atoms with E-state index in [9.17, 15) is 9.59 Å². The van der Waals surface area contributed by atoms with Crippen molar-refractivity contribution in [3.63, 3.8) is 0 Å². The highest BCUT2D eigenvalue weighted by Gasteiger charge is 2.16. The molecule has 1 aliphatic heterocycles. The largest absolute Gasteiger partial charge is 0.372 e. The average molecular weight is 394 g/mol. The zero-order chi connectivity index (χ0) is 20.8. The van der Waals surface area contributed by atoms with Crippen molar-refractivity contribution in [2.45, 2.75) is 46.5 Å². The molecule has 1 heterocycles. The highest BCUT2D eigenvalue weighted by atomic mass is 16.2. The van der Waals surface area contributed by atoms with Crippen LogP contribution in [0.4, 0.5) is 17.1 Å². The van der Waals surface area contributed by atoms with Gasteiger partial charge < -0.3 is 15.1 Å². The van der Waals surface area contributed by atoms with E-state index in [0.29, 0.717) is 6.54 Å². The first-order valence-electron chi connectivity index (χ1n) is 10.4. The van der Waals surface area contributed by atoms with Crippen LogP contribution in [0.1, 0.15) is 43.7 Å². The van der Waals surface area contributed by atoms with Crippen LogP contribution in [0.3, 0.4) is 0 Å². The fourth-order valence-corrected chi connectivity index (χ4v) is 3.90. The van der Waals surface area contributed by atoms with E-state index in [0.717, 1.165) is 35.6 Å². The van der Waals surface area contributed by atoms with Crippen LogP contribution < -0.4 is 15.1 Å². The molecule has 0 spiro atoms. The second kappa shape index (κ2) is 9.59. The Labute approximate surface area is 173 Å². The van der Waals surface area contributed by atoms with Crippen molar-refractivity contribution in [3.8, 4) is 0 Å². The van der Waals surface area contributed by atoms with Gasteiger partial charge in [0, 0.05) is 50.0 Å². The summed E-state index contributed by atoms with van der Waals surface area (Å²) in [5.74, 6) is -0.151. The van der Waals surface area contributed by atoms with Crippen LogP contribution >= 0.6 is 0 Å². The number of amides is 2. The quantitative estimate of drug-likeness (QED) is 0.776. The van der Waals surface area contributed by atoms with Crippen LogP contribution in [-0.2, 0) is 9.59 Å². The predicted octanol–water partition coefficient (Wildman–Crippen LogP) is 4.68. The third-order valence-electron chi connectivity index (χ3n) is 5.46. The molecular weight excluding hydrogens is 362 g/mol. The summed E-state index contributed by atoms with van der Waals surface area (Å²) in [6, 6.07) is 14.0. The van der Waals surface area contributed by atoms with Gasteiger partial charge >= 0.3 is 0 Å². The Morgan fingerprint density at radius 1 is 1.00 bits per heavy atom. The monoisotopic (exact) mass is 393 g/mol. The highest BCUT2D eigenvalue weighted by molar-refractivity contribution is 5.95. The maximum absolute atomic E-state index is 12.4. The molecule has 0 unspecified atom stereocenters. The second-order valence-corrected chi connectivity index (χ2v) is 7.85. The van der Waals surface area contributed by atoms with Gasteiger partial charge in [-0.05, 0) is 69.0 Å². The van der Waals surface area contributed by atoms with Gasteiger partial charge in [0.25, 0.3) is 0 Å². The maximum atomic E-state index is 12.4. The summed E-state index contributed by atoms with van der Waals surface area (Å²) in [5, 5.41) is 2.95. The van der Waals surface area contributed by atoms with Crippen LogP contribution in [0.25, 0.3) is 0 Å². The lowest BCUT2D eigenvalue weighted by molar-refractivity contribution is -0.117. The molecule has 154 valence electrons. The molecule has 1 aliphatic rings. The molecule has 0 saturated carbocycles. The number of hydrogen-bond donors (Lipinski definition) is 1. The molecule has 5 nitrogen and oxygen atoms in total. The van der Waals surface area contributed by atoms with Gasteiger partial charge in [-0.2, -0.15) is 0 Å². The van der Waals surface area contributed by atoms with E-state index >= 15 is 0 Å². The lowest BCUT2D eigenvalue weighted by Crippen LogP contribution is -2.32. The molecular formula is C24H31N3O2. The number of anilines is 3. The molecule has 0 bridgehead atoms. The van der Waals surface area contributed by atoms with Gasteiger partial charge in [-0.3, -0.25) is 9.59 Å². The zero-order valence-electron chi connectivity index (χ0n) is 17.7. The SMILES string of the molecule is CC(=O)N(CCC(=O)Nc1ccc(N2CCCCC2)cc1)c1ccc(C)cc1C. The Bertz CT molecular complexity index is 855. The first-order chi connectivity index (χ1) is 13.9. The van der Waals surface area contributed by atoms with Crippen LogP contribution in [0.5, 0.6) is 0 Å². The smallest absolute Gasteiger partial charge is 0.226 e. The summed E-state index contributed by atoms with van der Waals surface area (Å²) < 4.78 is 0. The molecule has 2 aromatic rings. The number of rotatable bonds is 6. The van der Waals surface area contributed by atoms with E-state index in [1.165, 1.54) is 31.9 Å². The molecule has 0 aromatic heterocycles. The molecule has 5 heteroatoms. The van der Waals surface area contributed by atoms with Crippen molar-refractivity contribution in [1.29, 1.82) is 0 Å². The number of hydrogen-bond acceptors (Lipinski definition) is 3. The van der Waals surface area contributed by atoms with Crippen molar-refractivity contribution in [3.05, 3.63) is 53.6 Å². The van der Waals surface area contributed by atoms with E-state index in [-0.39, 0.29) is 18.2 Å². The summed E-state index contributed by atoms with van der Waals surface area (Å²) in [7, 11) is 0. The lowest BCUT2D eigenvalue weighted by Gasteiger charge is -2.28. The number of piperidine rings is 1. The van der Waals surface area contributed by atoms with Crippen LogP contribution in [0.15, 0.2) is 42.5 Å². The molecule has 2 aromatic carbocycles. The van der Waals surface area contributed by atoms with Gasteiger partial charge in [0.05, 0.1) is 0 Å². The average Bonchev–Trinajstić information content (AvgIpc) is 2.70. The Kier molecular flexibility index (Phi) is 6.91. The molecule has 29 heavy (non-hydrogen) atoms. The Balaban J connectivity index is 1.57. The minimum absolute atomic E-state index is 0.0596. The molecule has 0 aliphatic carbocycles. The first kappa shape index (κ1) is 20.9. The molecule has 2 amide bonds. The number of nitrogens with one attached hydrogen (secondary N) is 1. The van der Waals surface area contributed by atoms with E-state index in [4.69, 9.17) is 0 Å². The number of benzene rings is 2. The molecule has 1 fully saturated rings. The molecule has 1 saturated heterocycles. The second-order valence-electron chi connectivity index (χ2n) is 7.85. The van der Waals surface area contributed by atoms with Crippen LogP contribution in [0.2, 0.25) is 0 Å². The molecule has 0 atom stereocenters. The topological polar surface area (TPSA) is 52.7 Å². The van der Waals surface area contributed by atoms with Crippen molar-refractivity contribution in [2.24, 2.45) is 0 Å². The number of aryl methyl sites for hydroxylation is 2. The zero-order valence-corrected chi connectivity index (χ0v) is 17.7. The van der Waals surface area contributed by atoms with Gasteiger partial charge in [0.15, 0.2) is 0 Å². The molecule has 1 N–H and O–H groups in total. The van der Waals surface area contributed by atoms with Gasteiger partial charge in [0.1, 0.15) is 0 Å². The summed E-state index contributed by atoms with van der Waals surface area (Å²) in [6.45, 7) is 8.12. The van der Waals surface area contributed by atoms with Gasteiger partial charge in [-0.15, -0.1) is 0 Å². The van der Waals surface area contributed by atoms with Crippen LogP contribution in [-0.4, -0.2) is 31.4 Å². The number of carbonyl (C=O) groups is 2. The first-order valence-corrected chi connectivity index (χ1v) is 10.4. The van der Waals surface area contributed by atoms with Gasteiger partial charge in [-0.1, -0.05) is 17.7 Å². The summed E-state index contributed by atoms with van der Waals surface area (Å²) in [6.07, 6.45) is 4.04. The number of nitrogens with zero attached hydrogens (tertiary/aromatic N) is 2. The van der Waals surface area contributed by atoms with Gasteiger partial charge in [-0.25, -0.2) is 0 Å². The minimum Gasteiger partial charge on any atom is -0.372 e.